The van der Waals surface area contributed by atoms with Crippen molar-refractivity contribution in [3.8, 4) is 0 Å². The maximum atomic E-state index is 5.50. The highest BCUT2D eigenvalue weighted by Crippen LogP contribution is 2.35. The smallest absolute Gasteiger partial charge is 0.0876 e. The molecule has 1 aliphatic heterocycles. The third-order valence-electron chi connectivity index (χ3n) is 4.61. The van der Waals surface area contributed by atoms with Crippen LogP contribution in [0.4, 0.5) is 0 Å². The Bertz CT molecular complexity index is 254. The van der Waals surface area contributed by atoms with Crippen LogP contribution in [0.2, 0.25) is 0 Å². The summed E-state index contributed by atoms with van der Waals surface area (Å²) >= 11 is 0. The Labute approximate surface area is 106 Å². The van der Waals surface area contributed by atoms with E-state index in [0.29, 0.717) is 6.04 Å². The van der Waals surface area contributed by atoms with Crippen molar-refractivity contribution < 1.29 is 4.74 Å². The Morgan fingerprint density at radius 1 is 1.35 bits per heavy atom. The van der Waals surface area contributed by atoms with Gasteiger partial charge in [0, 0.05) is 6.04 Å². The van der Waals surface area contributed by atoms with E-state index in [-0.39, 0.29) is 0 Å². The molecule has 2 heteroatoms. The molecule has 1 saturated carbocycles. The van der Waals surface area contributed by atoms with Crippen LogP contribution < -0.4 is 5.32 Å². The van der Waals surface area contributed by atoms with Gasteiger partial charge in [-0.1, -0.05) is 26.2 Å². The summed E-state index contributed by atoms with van der Waals surface area (Å²) in [5.74, 6) is 1.82. The fourth-order valence-corrected chi connectivity index (χ4v) is 3.47. The standard InChI is InChI=1S/C15H27NO/c1-3-12-6-8-13(9-7-12)15(16-2)14-5-4-10-17-11-14/h11-13,15-16H,3-10H2,1-2H3. The average molecular weight is 237 g/mol. The van der Waals surface area contributed by atoms with Gasteiger partial charge >= 0.3 is 0 Å². The van der Waals surface area contributed by atoms with Crippen molar-refractivity contribution in [2.45, 2.75) is 57.9 Å². The molecule has 17 heavy (non-hydrogen) atoms. The summed E-state index contributed by atoms with van der Waals surface area (Å²) in [4.78, 5) is 0. The van der Waals surface area contributed by atoms with Crippen molar-refractivity contribution in [2.75, 3.05) is 13.7 Å². The first-order valence-electron chi connectivity index (χ1n) is 7.33. The Kier molecular flexibility index (Phi) is 4.90. The van der Waals surface area contributed by atoms with Gasteiger partial charge in [0.1, 0.15) is 0 Å². The van der Waals surface area contributed by atoms with Gasteiger partial charge in [-0.3, -0.25) is 0 Å². The Morgan fingerprint density at radius 3 is 2.65 bits per heavy atom. The lowest BCUT2D eigenvalue weighted by Gasteiger charge is -2.35. The van der Waals surface area contributed by atoms with Crippen molar-refractivity contribution in [3.05, 3.63) is 11.8 Å². The van der Waals surface area contributed by atoms with Crippen LogP contribution >= 0.6 is 0 Å². The van der Waals surface area contributed by atoms with Gasteiger partial charge < -0.3 is 10.1 Å². The van der Waals surface area contributed by atoms with Gasteiger partial charge in [0.2, 0.25) is 0 Å². The summed E-state index contributed by atoms with van der Waals surface area (Å²) in [6, 6.07) is 0.563. The van der Waals surface area contributed by atoms with E-state index >= 15 is 0 Å². The van der Waals surface area contributed by atoms with Crippen molar-refractivity contribution in [1.29, 1.82) is 0 Å². The van der Waals surface area contributed by atoms with Crippen molar-refractivity contribution in [2.24, 2.45) is 11.8 Å². The number of likely N-dealkylation sites (N-methyl/N-ethyl adjacent to an activating group) is 1. The van der Waals surface area contributed by atoms with Crippen LogP contribution in [-0.2, 0) is 4.74 Å². The molecule has 0 aromatic rings. The molecule has 1 atom stereocenters. The van der Waals surface area contributed by atoms with Crippen molar-refractivity contribution in [1.82, 2.24) is 5.32 Å². The summed E-state index contributed by atoms with van der Waals surface area (Å²) in [5, 5.41) is 3.53. The molecule has 1 fully saturated rings. The predicted molar refractivity (Wildman–Crippen MR) is 71.9 cm³/mol. The van der Waals surface area contributed by atoms with Crippen LogP contribution in [0.1, 0.15) is 51.9 Å². The molecule has 0 radical (unpaired) electrons. The normalized spacial score (nSPS) is 31.5. The van der Waals surface area contributed by atoms with Gasteiger partial charge in [-0.05, 0) is 50.1 Å². The maximum Gasteiger partial charge on any atom is 0.0876 e. The first kappa shape index (κ1) is 12.9. The van der Waals surface area contributed by atoms with E-state index in [1.54, 1.807) is 0 Å². The molecule has 1 heterocycles. The van der Waals surface area contributed by atoms with Crippen LogP contribution in [-0.4, -0.2) is 19.7 Å². The Morgan fingerprint density at radius 2 is 2.12 bits per heavy atom. The van der Waals surface area contributed by atoms with Crippen LogP contribution in [0.5, 0.6) is 0 Å². The second-order valence-electron chi connectivity index (χ2n) is 5.62. The van der Waals surface area contributed by atoms with E-state index in [4.69, 9.17) is 4.74 Å². The molecular weight excluding hydrogens is 210 g/mol. The van der Waals surface area contributed by atoms with Crippen LogP contribution in [0, 0.1) is 11.8 Å². The average Bonchev–Trinajstić information content (AvgIpc) is 2.42. The summed E-state index contributed by atoms with van der Waals surface area (Å²) in [6.45, 7) is 3.24. The summed E-state index contributed by atoms with van der Waals surface area (Å²) in [5.41, 5.74) is 1.50. The molecule has 2 nitrogen and oxygen atoms in total. The number of hydrogen-bond donors (Lipinski definition) is 1. The molecule has 2 rings (SSSR count). The zero-order chi connectivity index (χ0) is 12.1. The number of hydrogen-bond acceptors (Lipinski definition) is 2. The fourth-order valence-electron chi connectivity index (χ4n) is 3.47. The van der Waals surface area contributed by atoms with Gasteiger partial charge in [-0.25, -0.2) is 0 Å². The van der Waals surface area contributed by atoms with E-state index in [1.165, 1.54) is 50.5 Å². The first-order valence-corrected chi connectivity index (χ1v) is 7.33. The van der Waals surface area contributed by atoms with Crippen LogP contribution in [0.3, 0.4) is 0 Å². The van der Waals surface area contributed by atoms with Crippen LogP contribution in [0.25, 0.3) is 0 Å². The quantitative estimate of drug-likeness (QED) is 0.808. The molecule has 1 N–H and O–H groups in total. The first-order chi connectivity index (χ1) is 8.35. The van der Waals surface area contributed by atoms with Gasteiger partial charge in [0.05, 0.1) is 12.9 Å². The maximum absolute atomic E-state index is 5.50. The van der Waals surface area contributed by atoms with Gasteiger partial charge in [0.15, 0.2) is 0 Å². The monoisotopic (exact) mass is 237 g/mol. The van der Waals surface area contributed by atoms with E-state index in [9.17, 15) is 0 Å². The molecular formula is C15H27NO. The lowest BCUT2D eigenvalue weighted by atomic mass is 9.75. The molecule has 1 aliphatic carbocycles. The fraction of sp³-hybridized carbons (Fsp3) is 0.867. The highest BCUT2D eigenvalue weighted by molar-refractivity contribution is 5.12. The lowest BCUT2D eigenvalue weighted by Crippen LogP contribution is -2.38. The SMILES string of the molecule is CCC1CCC(C(NC)C2=COCCC2)CC1. The largest absolute Gasteiger partial charge is 0.501 e. The number of ether oxygens (including phenoxy) is 1. The highest BCUT2D eigenvalue weighted by atomic mass is 16.5. The molecule has 0 saturated heterocycles. The molecule has 98 valence electrons. The minimum Gasteiger partial charge on any atom is -0.501 e. The molecule has 0 aromatic carbocycles. The highest BCUT2D eigenvalue weighted by Gasteiger charge is 2.28. The predicted octanol–water partition coefficient (Wildman–Crippen LogP) is 3.49. The van der Waals surface area contributed by atoms with E-state index in [0.717, 1.165) is 18.4 Å². The molecule has 2 aliphatic rings. The summed E-state index contributed by atoms with van der Waals surface area (Å²) in [7, 11) is 2.10. The molecule has 1 unspecified atom stereocenters. The third kappa shape index (κ3) is 3.25. The van der Waals surface area contributed by atoms with Gasteiger partial charge in [-0.2, -0.15) is 0 Å². The minimum atomic E-state index is 0.563. The summed E-state index contributed by atoms with van der Waals surface area (Å²) < 4.78 is 5.50. The van der Waals surface area contributed by atoms with E-state index in [2.05, 4.69) is 19.3 Å². The topological polar surface area (TPSA) is 21.3 Å². The molecule has 0 spiro atoms. The lowest BCUT2D eigenvalue weighted by molar-refractivity contribution is 0.198. The molecule has 0 amide bonds. The number of rotatable bonds is 4. The van der Waals surface area contributed by atoms with Crippen molar-refractivity contribution >= 4 is 0 Å². The van der Waals surface area contributed by atoms with Crippen molar-refractivity contribution in [3.63, 3.8) is 0 Å². The third-order valence-corrected chi connectivity index (χ3v) is 4.61. The zero-order valence-corrected chi connectivity index (χ0v) is 11.4. The zero-order valence-electron chi connectivity index (χ0n) is 11.4. The minimum absolute atomic E-state index is 0.563. The second-order valence-corrected chi connectivity index (χ2v) is 5.62. The van der Waals surface area contributed by atoms with E-state index < -0.39 is 0 Å². The van der Waals surface area contributed by atoms with Gasteiger partial charge in [0.25, 0.3) is 0 Å². The van der Waals surface area contributed by atoms with Crippen LogP contribution in [0.15, 0.2) is 11.8 Å². The van der Waals surface area contributed by atoms with Gasteiger partial charge in [-0.15, -0.1) is 0 Å². The molecule has 0 bridgehead atoms. The number of nitrogens with one attached hydrogen (secondary N) is 1. The summed E-state index contributed by atoms with van der Waals surface area (Å²) in [6.07, 6.45) is 11.4. The Hall–Kier alpha value is -0.500. The Balaban J connectivity index is 1.92. The molecule has 0 aromatic heterocycles. The second kappa shape index (κ2) is 6.44. The van der Waals surface area contributed by atoms with E-state index in [1.807, 2.05) is 6.26 Å².